The molecule has 126 valence electrons. The smallest absolute Gasteiger partial charge is 0.287 e. The van der Waals surface area contributed by atoms with E-state index in [1.165, 1.54) is 6.07 Å². The Balaban J connectivity index is 2.86. The van der Waals surface area contributed by atoms with Crippen LogP contribution < -0.4 is 11.2 Å². The van der Waals surface area contributed by atoms with Crippen molar-refractivity contribution in [1.82, 2.24) is 9.55 Å². The lowest BCUT2D eigenvalue weighted by Crippen LogP contribution is -2.37. The molecule has 2 rings (SSSR count). The number of nitrogens with zero attached hydrogens (tertiary/aromatic N) is 2. The number of aromatic amines is 1. The highest BCUT2D eigenvalue weighted by Gasteiger charge is 2.24. The number of ketones is 1. The summed E-state index contributed by atoms with van der Waals surface area (Å²) in [6.45, 7) is 5.12. The second-order valence-electron chi connectivity index (χ2n) is 6.00. The van der Waals surface area contributed by atoms with Crippen LogP contribution >= 0.6 is 0 Å². The third kappa shape index (κ3) is 3.44. The first-order valence-corrected chi connectivity index (χ1v) is 7.67. The molecule has 0 radical (unpaired) electrons. The minimum atomic E-state index is -0.733. The molecule has 0 aliphatic rings. The van der Waals surface area contributed by atoms with Crippen molar-refractivity contribution >= 4 is 5.78 Å². The molecule has 0 fully saturated rings. The molecule has 0 saturated carbocycles. The largest absolute Gasteiger partial charge is 0.329 e. The number of rotatable bonds is 4. The highest BCUT2D eigenvalue weighted by atomic mass is 16.2. The zero-order valence-electron chi connectivity index (χ0n) is 14.2. The Bertz CT molecular complexity index is 1040. The number of carbonyl (C=O) groups excluding carboxylic acids is 1. The van der Waals surface area contributed by atoms with Crippen LogP contribution in [0.4, 0.5) is 0 Å². The maximum atomic E-state index is 13.1. The van der Waals surface area contributed by atoms with Gasteiger partial charge in [-0.05, 0) is 36.6 Å². The predicted octanol–water partition coefficient (Wildman–Crippen LogP) is 1.70. The Hall–Kier alpha value is -3.38. The van der Waals surface area contributed by atoms with E-state index in [-0.39, 0.29) is 29.3 Å². The van der Waals surface area contributed by atoms with Crippen LogP contribution in [-0.4, -0.2) is 15.3 Å². The predicted molar refractivity (Wildman–Crippen MR) is 93.6 cm³/mol. The summed E-state index contributed by atoms with van der Waals surface area (Å²) in [5.41, 5.74) is 0.105. The molecule has 6 heteroatoms. The zero-order chi connectivity index (χ0) is 18.7. The van der Waals surface area contributed by atoms with Crippen molar-refractivity contribution in [3.05, 3.63) is 67.0 Å². The summed E-state index contributed by atoms with van der Waals surface area (Å²) >= 11 is 0. The summed E-state index contributed by atoms with van der Waals surface area (Å²) in [4.78, 5) is 39.7. The van der Waals surface area contributed by atoms with E-state index >= 15 is 0 Å². The average molecular weight is 335 g/mol. The number of H-pyrrole nitrogens is 1. The van der Waals surface area contributed by atoms with Crippen LogP contribution in [0.5, 0.6) is 0 Å². The van der Waals surface area contributed by atoms with E-state index < -0.39 is 17.0 Å². The SMILES string of the molecule is C#CCn1c(C(=O)c2cc(C)cc(C#N)c2)c(C(C)C)c(=O)[nH]c1=O. The fourth-order valence-corrected chi connectivity index (χ4v) is 2.72. The third-order valence-electron chi connectivity index (χ3n) is 3.75. The van der Waals surface area contributed by atoms with Gasteiger partial charge < -0.3 is 0 Å². The number of nitrogens with one attached hydrogen (secondary N) is 1. The van der Waals surface area contributed by atoms with Crippen LogP contribution in [0.2, 0.25) is 0 Å². The van der Waals surface area contributed by atoms with Crippen molar-refractivity contribution in [2.24, 2.45) is 0 Å². The van der Waals surface area contributed by atoms with Crippen LogP contribution in [0.3, 0.4) is 0 Å². The van der Waals surface area contributed by atoms with E-state index in [0.29, 0.717) is 5.56 Å². The third-order valence-corrected chi connectivity index (χ3v) is 3.75. The van der Waals surface area contributed by atoms with Crippen molar-refractivity contribution in [2.75, 3.05) is 0 Å². The van der Waals surface area contributed by atoms with E-state index in [0.717, 1.165) is 10.1 Å². The molecule has 0 aliphatic heterocycles. The number of hydrogen-bond acceptors (Lipinski definition) is 4. The number of carbonyl (C=O) groups is 1. The zero-order valence-corrected chi connectivity index (χ0v) is 14.2. The van der Waals surface area contributed by atoms with Gasteiger partial charge in [-0.1, -0.05) is 19.8 Å². The van der Waals surface area contributed by atoms with Crippen LogP contribution in [0.25, 0.3) is 0 Å². The fourth-order valence-electron chi connectivity index (χ4n) is 2.72. The molecule has 0 spiro atoms. The minimum absolute atomic E-state index is 0.0313. The number of nitriles is 1. The Morgan fingerprint density at radius 2 is 2.00 bits per heavy atom. The van der Waals surface area contributed by atoms with E-state index in [2.05, 4.69) is 10.9 Å². The average Bonchev–Trinajstić information content (AvgIpc) is 2.55. The molecule has 0 aliphatic carbocycles. The van der Waals surface area contributed by atoms with E-state index in [4.69, 9.17) is 11.7 Å². The van der Waals surface area contributed by atoms with Gasteiger partial charge in [0.2, 0.25) is 5.78 Å². The van der Waals surface area contributed by atoms with E-state index in [1.54, 1.807) is 32.9 Å². The lowest BCUT2D eigenvalue weighted by Gasteiger charge is -2.16. The molecule has 0 amide bonds. The molecule has 1 heterocycles. The van der Waals surface area contributed by atoms with E-state index in [9.17, 15) is 14.4 Å². The Kier molecular flexibility index (Phi) is 5.05. The number of aromatic nitrogens is 2. The monoisotopic (exact) mass is 335 g/mol. The van der Waals surface area contributed by atoms with Gasteiger partial charge in [-0.15, -0.1) is 6.42 Å². The second-order valence-corrected chi connectivity index (χ2v) is 6.00. The summed E-state index contributed by atoms with van der Waals surface area (Å²) in [5.74, 6) is 1.52. The Morgan fingerprint density at radius 3 is 2.56 bits per heavy atom. The molecular formula is C19H17N3O3. The maximum Gasteiger partial charge on any atom is 0.329 e. The standard InChI is InChI=1S/C19H17N3O3/c1-5-6-22-16(15(11(2)3)18(24)21-19(22)25)17(23)14-8-12(4)7-13(9-14)10-20/h1,7-9,11H,6H2,2-4H3,(H,21,24,25). The fraction of sp³-hybridized carbons (Fsp3) is 0.263. The van der Waals surface area contributed by atoms with Gasteiger partial charge in [0.25, 0.3) is 5.56 Å². The van der Waals surface area contributed by atoms with E-state index in [1.807, 2.05) is 6.07 Å². The summed E-state index contributed by atoms with van der Waals surface area (Å²) < 4.78 is 1.09. The molecule has 0 unspecified atom stereocenters. The molecule has 25 heavy (non-hydrogen) atoms. The first kappa shape index (κ1) is 18.0. The van der Waals surface area contributed by atoms with Crippen LogP contribution in [-0.2, 0) is 6.54 Å². The van der Waals surface area contributed by atoms with Gasteiger partial charge in [-0.2, -0.15) is 5.26 Å². The number of hydrogen-bond donors (Lipinski definition) is 1. The summed E-state index contributed by atoms with van der Waals surface area (Å²) in [6, 6.07) is 6.68. The number of benzene rings is 1. The van der Waals surface area contributed by atoms with Crippen LogP contribution in [0.15, 0.2) is 27.8 Å². The highest BCUT2D eigenvalue weighted by Crippen LogP contribution is 2.19. The molecule has 0 bridgehead atoms. The molecule has 1 N–H and O–H groups in total. The van der Waals surface area contributed by atoms with Gasteiger partial charge in [0.05, 0.1) is 18.2 Å². The molecular weight excluding hydrogens is 318 g/mol. The first-order valence-electron chi connectivity index (χ1n) is 7.67. The van der Waals surface area contributed by atoms with Gasteiger partial charge >= 0.3 is 5.69 Å². The lowest BCUT2D eigenvalue weighted by atomic mass is 9.95. The second kappa shape index (κ2) is 7.02. The number of terminal acetylenes is 1. The van der Waals surface area contributed by atoms with Crippen molar-refractivity contribution < 1.29 is 4.79 Å². The molecule has 0 atom stereocenters. The molecule has 0 saturated heterocycles. The normalized spacial score (nSPS) is 10.3. The van der Waals surface area contributed by atoms with Gasteiger partial charge in [-0.3, -0.25) is 19.1 Å². The van der Waals surface area contributed by atoms with Gasteiger partial charge in [0.15, 0.2) is 0 Å². The van der Waals surface area contributed by atoms with Crippen molar-refractivity contribution in [2.45, 2.75) is 33.2 Å². The first-order chi connectivity index (χ1) is 11.8. The van der Waals surface area contributed by atoms with Crippen molar-refractivity contribution in [1.29, 1.82) is 5.26 Å². The molecule has 1 aromatic heterocycles. The Morgan fingerprint density at radius 1 is 1.32 bits per heavy atom. The quantitative estimate of drug-likeness (QED) is 0.679. The molecule has 6 nitrogen and oxygen atoms in total. The summed E-state index contributed by atoms with van der Waals surface area (Å²) in [7, 11) is 0. The minimum Gasteiger partial charge on any atom is -0.287 e. The molecule has 1 aromatic carbocycles. The van der Waals surface area contributed by atoms with Gasteiger partial charge in [-0.25, -0.2) is 4.79 Å². The topological polar surface area (TPSA) is 95.7 Å². The summed E-state index contributed by atoms with van der Waals surface area (Å²) in [5, 5.41) is 9.11. The number of aryl methyl sites for hydroxylation is 1. The maximum absolute atomic E-state index is 13.1. The highest BCUT2D eigenvalue weighted by molar-refractivity contribution is 6.09. The van der Waals surface area contributed by atoms with Gasteiger partial charge in [0.1, 0.15) is 5.69 Å². The Labute approximate surface area is 144 Å². The van der Waals surface area contributed by atoms with Crippen LogP contribution in [0.1, 0.15) is 52.5 Å². The van der Waals surface area contributed by atoms with Gasteiger partial charge in [0, 0.05) is 11.1 Å². The molecule has 2 aromatic rings. The van der Waals surface area contributed by atoms with Crippen LogP contribution in [0, 0.1) is 30.6 Å². The van der Waals surface area contributed by atoms with Crippen molar-refractivity contribution in [3.8, 4) is 18.4 Å². The summed E-state index contributed by atoms with van der Waals surface area (Å²) in [6.07, 6.45) is 5.32. The van der Waals surface area contributed by atoms with Crippen molar-refractivity contribution in [3.63, 3.8) is 0 Å². The lowest BCUT2D eigenvalue weighted by molar-refractivity contribution is 0.102.